The van der Waals surface area contributed by atoms with E-state index in [0.717, 1.165) is 12.6 Å². The molecule has 0 spiro atoms. The first-order valence-corrected chi connectivity index (χ1v) is 6.59. The molecule has 0 aromatic rings. The maximum atomic E-state index is 5.68. The van der Waals surface area contributed by atoms with Gasteiger partial charge in [0.15, 0.2) is 0 Å². The summed E-state index contributed by atoms with van der Waals surface area (Å²) < 4.78 is 0. The summed E-state index contributed by atoms with van der Waals surface area (Å²) in [6.45, 7) is 6.70. The van der Waals surface area contributed by atoms with E-state index in [1.165, 1.54) is 38.6 Å². The largest absolute Gasteiger partial charge is 0.393 e. The number of piperidine rings is 1. The summed E-state index contributed by atoms with van der Waals surface area (Å²) in [5, 5.41) is 0. The molecule has 15 heavy (non-hydrogen) atoms. The number of likely N-dealkylation sites (tertiary alicyclic amines) is 1. The first-order valence-electron chi connectivity index (χ1n) is 6.18. The monoisotopic (exact) mass is 228 g/mol. The maximum absolute atomic E-state index is 5.68. The summed E-state index contributed by atoms with van der Waals surface area (Å²) in [5.74, 6) is 0.359. The van der Waals surface area contributed by atoms with Crippen molar-refractivity contribution in [1.82, 2.24) is 4.90 Å². The molecule has 1 heterocycles. The molecule has 1 rings (SSSR count). The Bertz CT molecular complexity index is 204. The van der Waals surface area contributed by atoms with Crippen LogP contribution in [-0.2, 0) is 0 Å². The second-order valence-electron chi connectivity index (χ2n) is 4.74. The van der Waals surface area contributed by atoms with Gasteiger partial charge in [0.05, 0.1) is 4.99 Å². The van der Waals surface area contributed by atoms with Gasteiger partial charge in [0.2, 0.25) is 0 Å². The van der Waals surface area contributed by atoms with Crippen LogP contribution in [0.25, 0.3) is 0 Å². The Morgan fingerprint density at radius 1 is 1.53 bits per heavy atom. The number of nitrogens with two attached hydrogens (primary N) is 1. The van der Waals surface area contributed by atoms with Gasteiger partial charge < -0.3 is 5.73 Å². The fraction of sp³-hybridized carbons (Fsp3) is 0.917. The molecule has 1 saturated heterocycles. The highest BCUT2D eigenvalue weighted by atomic mass is 32.1. The standard InChI is InChI=1S/C12H24N2S/c1-3-6-11-7-4-5-8-14(11)9-10(2)12(13)15/h10-11H,3-9H2,1-2H3,(H2,13,15). The number of hydrogen-bond acceptors (Lipinski definition) is 2. The Hall–Kier alpha value is -0.150. The average molecular weight is 228 g/mol. The first kappa shape index (κ1) is 12.9. The van der Waals surface area contributed by atoms with E-state index in [1.807, 2.05) is 0 Å². The van der Waals surface area contributed by atoms with E-state index in [4.69, 9.17) is 18.0 Å². The van der Waals surface area contributed by atoms with Gasteiger partial charge in [0.25, 0.3) is 0 Å². The minimum absolute atomic E-state index is 0.359. The Balaban J connectivity index is 2.45. The van der Waals surface area contributed by atoms with E-state index in [2.05, 4.69) is 18.7 Å². The molecule has 0 aromatic heterocycles. The van der Waals surface area contributed by atoms with Gasteiger partial charge in [-0.3, -0.25) is 4.90 Å². The van der Waals surface area contributed by atoms with Gasteiger partial charge in [-0.05, 0) is 25.8 Å². The van der Waals surface area contributed by atoms with Crippen molar-refractivity contribution in [2.75, 3.05) is 13.1 Å². The average Bonchev–Trinajstić information content (AvgIpc) is 2.21. The van der Waals surface area contributed by atoms with Crippen LogP contribution in [0.3, 0.4) is 0 Å². The molecule has 2 atom stereocenters. The Labute approximate surface area is 99.2 Å². The van der Waals surface area contributed by atoms with Crippen LogP contribution in [0.2, 0.25) is 0 Å². The molecule has 0 amide bonds. The van der Waals surface area contributed by atoms with Crippen molar-refractivity contribution >= 4 is 17.2 Å². The number of rotatable bonds is 5. The molecule has 0 aliphatic carbocycles. The van der Waals surface area contributed by atoms with E-state index in [0.29, 0.717) is 10.9 Å². The molecule has 0 radical (unpaired) electrons. The van der Waals surface area contributed by atoms with Crippen molar-refractivity contribution in [1.29, 1.82) is 0 Å². The Morgan fingerprint density at radius 2 is 2.27 bits per heavy atom. The Kier molecular flexibility index (Phi) is 5.54. The van der Waals surface area contributed by atoms with Crippen LogP contribution in [0, 0.1) is 5.92 Å². The summed E-state index contributed by atoms with van der Waals surface area (Å²) >= 11 is 5.04. The van der Waals surface area contributed by atoms with Crippen molar-refractivity contribution in [3.8, 4) is 0 Å². The molecule has 0 saturated carbocycles. The van der Waals surface area contributed by atoms with Crippen LogP contribution in [0.4, 0.5) is 0 Å². The van der Waals surface area contributed by atoms with Gasteiger partial charge in [0.1, 0.15) is 0 Å². The van der Waals surface area contributed by atoms with Crippen molar-refractivity contribution < 1.29 is 0 Å². The molecule has 2 nitrogen and oxygen atoms in total. The van der Waals surface area contributed by atoms with Crippen LogP contribution in [0.5, 0.6) is 0 Å². The lowest BCUT2D eigenvalue weighted by Crippen LogP contribution is -2.43. The van der Waals surface area contributed by atoms with Crippen molar-refractivity contribution in [2.24, 2.45) is 11.7 Å². The minimum atomic E-state index is 0.359. The van der Waals surface area contributed by atoms with E-state index in [9.17, 15) is 0 Å². The number of hydrogen-bond donors (Lipinski definition) is 1. The summed E-state index contributed by atoms with van der Waals surface area (Å²) in [4.78, 5) is 3.26. The Morgan fingerprint density at radius 3 is 2.87 bits per heavy atom. The van der Waals surface area contributed by atoms with Crippen molar-refractivity contribution in [3.05, 3.63) is 0 Å². The molecular formula is C12H24N2S. The predicted molar refractivity (Wildman–Crippen MR) is 70.1 cm³/mol. The molecule has 0 bridgehead atoms. The normalized spacial score (nSPS) is 25.1. The lowest BCUT2D eigenvalue weighted by atomic mass is 9.97. The van der Waals surface area contributed by atoms with Crippen LogP contribution in [0.1, 0.15) is 46.0 Å². The third kappa shape index (κ3) is 4.07. The number of thiocarbonyl (C=S) groups is 1. The first-order chi connectivity index (χ1) is 7.15. The second-order valence-corrected chi connectivity index (χ2v) is 5.21. The van der Waals surface area contributed by atoms with Gasteiger partial charge in [-0.25, -0.2) is 0 Å². The van der Waals surface area contributed by atoms with E-state index < -0.39 is 0 Å². The molecule has 1 fully saturated rings. The summed E-state index contributed by atoms with van der Waals surface area (Å²) in [6.07, 6.45) is 6.69. The molecule has 1 aliphatic heterocycles. The second kappa shape index (κ2) is 6.44. The molecule has 2 N–H and O–H groups in total. The fourth-order valence-electron chi connectivity index (χ4n) is 2.40. The smallest absolute Gasteiger partial charge is 0.0768 e. The summed E-state index contributed by atoms with van der Waals surface area (Å²) in [6, 6.07) is 0.778. The van der Waals surface area contributed by atoms with Crippen molar-refractivity contribution in [2.45, 2.75) is 52.0 Å². The molecular weight excluding hydrogens is 204 g/mol. The zero-order chi connectivity index (χ0) is 11.3. The summed E-state index contributed by atoms with van der Waals surface area (Å²) in [5.41, 5.74) is 5.68. The van der Waals surface area contributed by atoms with Gasteiger partial charge in [0, 0.05) is 18.5 Å². The minimum Gasteiger partial charge on any atom is -0.393 e. The van der Waals surface area contributed by atoms with Gasteiger partial charge >= 0.3 is 0 Å². The maximum Gasteiger partial charge on any atom is 0.0768 e. The molecule has 2 unspecified atom stereocenters. The molecule has 0 aromatic carbocycles. The highest BCUT2D eigenvalue weighted by Crippen LogP contribution is 2.21. The number of nitrogens with zero attached hydrogens (tertiary/aromatic N) is 1. The van der Waals surface area contributed by atoms with Crippen LogP contribution < -0.4 is 5.73 Å². The van der Waals surface area contributed by atoms with Gasteiger partial charge in [-0.2, -0.15) is 0 Å². The highest BCUT2D eigenvalue weighted by molar-refractivity contribution is 7.80. The summed E-state index contributed by atoms with van der Waals surface area (Å²) in [7, 11) is 0. The zero-order valence-corrected chi connectivity index (χ0v) is 10.9. The third-order valence-corrected chi connectivity index (χ3v) is 3.77. The van der Waals surface area contributed by atoms with Crippen LogP contribution in [0.15, 0.2) is 0 Å². The fourth-order valence-corrected chi connectivity index (χ4v) is 2.48. The lowest BCUT2D eigenvalue weighted by Gasteiger charge is -2.37. The topological polar surface area (TPSA) is 29.3 Å². The molecule has 88 valence electrons. The van der Waals surface area contributed by atoms with E-state index in [-0.39, 0.29) is 0 Å². The lowest BCUT2D eigenvalue weighted by molar-refractivity contribution is 0.131. The molecule has 3 heteroatoms. The van der Waals surface area contributed by atoms with Crippen molar-refractivity contribution in [3.63, 3.8) is 0 Å². The molecule has 1 aliphatic rings. The van der Waals surface area contributed by atoms with Crippen LogP contribution >= 0.6 is 12.2 Å². The third-order valence-electron chi connectivity index (χ3n) is 3.37. The quantitative estimate of drug-likeness (QED) is 0.733. The SMILES string of the molecule is CCCC1CCCCN1CC(C)C(N)=S. The van der Waals surface area contributed by atoms with E-state index in [1.54, 1.807) is 0 Å². The zero-order valence-electron chi connectivity index (χ0n) is 10.0. The van der Waals surface area contributed by atoms with Gasteiger partial charge in [-0.1, -0.05) is 38.9 Å². The van der Waals surface area contributed by atoms with Gasteiger partial charge in [-0.15, -0.1) is 0 Å². The van der Waals surface area contributed by atoms with Crippen LogP contribution in [-0.4, -0.2) is 29.0 Å². The van der Waals surface area contributed by atoms with E-state index >= 15 is 0 Å². The highest BCUT2D eigenvalue weighted by Gasteiger charge is 2.23. The predicted octanol–water partition coefficient (Wildman–Crippen LogP) is 2.56.